The van der Waals surface area contributed by atoms with Gasteiger partial charge < -0.3 is 15.0 Å². The highest BCUT2D eigenvalue weighted by atomic mass is 19.1. The molecule has 0 unspecified atom stereocenters. The van der Waals surface area contributed by atoms with E-state index in [0.29, 0.717) is 16.9 Å². The van der Waals surface area contributed by atoms with E-state index in [4.69, 9.17) is 0 Å². The number of aliphatic hydroxyl groups is 1. The molecule has 2 heterocycles. The second kappa shape index (κ2) is 7.92. The van der Waals surface area contributed by atoms with Crippen LogP contribution in [0, 0.1) is 12.7 Å². The maximum atomic E-state index is 13.0. The highest BCUT2D eigenvalue weighted by Gasteiger charge is 2.18. The van der Waals surface area contributed by atoms with Gasteiger partial charge in [-0.3, -0.25) is 9.59 Å². The molecule has 7 nitrogen and oxygen atoms in total. The summed E-state index contributed by atoms with van der Waals surface area (Å²) in [5.41, 5.74) is 2.99. The predicted molar refractivity (Wildman–Crippen MR) is 111 cm³/mol. The number of carbonyl (C=O) groups is 1. The molecule has 0 spiro atoms. The Morgan fingerprint density at radius 3 is 2.47 bits per heavy atom. The van der Waals surface area contributed by atoms with Crippen LogP contribution in [0.1, 0.15) is 11.1 Å². The molecule has 0 aliphatic rings. The average Bonchev–Trinajstić information content (AvgIpc) is 3.12. The SMILES string of the molecule is Cc1ccc(-c2nn3ccn(CC(=O)Nc4ccc(F)cc4)c(=O)c3c2CO)cc1. The third-order valence-electron chi connectivity index (χ3n) is 4.78. The van der Waals surface area contributed by atoms with E-state index in [-0.39, 0.29) is 18.7 Å². The maximum absolute atomic E-state index is 13.0. The summed E-state index contributed by atoms with van der Waals surface area (Å²) in [6, 6.07) is 13.0. The van der Waals surface area contributed by atoms with Crippen LogP contribution in [0.5, 0.6) is 0 Å². The minimum absolute atomic E-state index is 0.213. The standard InChI is InChI=1S/C22H19FN4O3/c1-14-2-4-15(5-3-14)20-18(13-28)21-22(30)26(10-11-27(21)25-20)12-19(29)24-17-8-6-16(23)7-9-17/h2-11,28H,12-13H2,1H3,(H,24,29). The first-order valence-corrected chi connectivity index (χ1v) is 9.30. The number of hydrogen-bond acceptors (Lipinski definition) is 4. The van der Waals surface area contributed by atoms with Crippen molar-refractivity contribution in [3.8, 4) is 11.3 Å². The topological polar surface area (TPSA) is 88.6 Å². The van der Waals surface area contributed by atoms with E-state index in [1.54, 1.807) is 6.20 Å². The molecule has 0 saturated heterocycles. The second-order valence-corrected chi connectivity index (χ2v) is 6.93. The van der Waals surface area contributed by atoms with Crippen LogP contribution in [0.4, 0.5) is 10.1 Å². The molecule has 4 aromatic rings. The van der Waals surface area contributed by atoms with Gasteiger partial charge in [-0.25, -0.2) is 8.91 Å². The van der Waals surface area contributed by atoms with Crippen molar-refractivity contribution in [2.75, 3.05) is 5.32 Å². The number of carbonyl (C=O) groups excluding carboxylic acids is 1. The number of aromatic nitrogens is 3. The van der Waals surface area contributed by atoms with Crippen LogP contribution in [0.2, 0.25) is 0 Å². The summed E-state index contributed by atoms with van der Waals surface area (Å²) in [5, 5.41) is 17.0. The molecule has 2 N–H and O–H groups in total. The lowest BCUT2D eigenvalue weighted by molar-refractivity contribution is -0.116. The molecule has 0 fully saturated rings. The van der Waals surface area contributed by atoms with Crippen LogP contribution >= 0.6 is 0 Å². The van der Waals surface area contributed by atoms with Gasteiger partial charge in [-0.05, 0) is 31.2 Å². The van der Waals surface area contributed by atoms with Gasteiger partial charge in [0, 0.05) is 29.2 Å². The van der Waals surface area contributed by atoms with Crippen molar-refractivity contribution in [3.63, 3.8) is 0 Å². The fraction of sp³-hybridized carbons (Fsp3) is 0.136. The van der Waals surface area contributed by atoms with Crippen LogP contribution in [-0.4, -0.2) is 25.2 Å². The number of hydrogen-bond donors (Lipinski definition) is 2. The quantitative estimate of drug-likeness (QED) is 0.533. The molecule has 4 rings (SSSR count). The first-order valence-electron chi connectivity index (χ1n) is 9.30. The maximum Gasteiger partial charge on any atom is 0.277 e. The average molecular weight is 406 g/mol. The number of rotatable bonds is 5. The van der Waals surface area contributed by atoms with Gasteiger partial charge in [-0.2, -0.15) is 5.10 Å². The van der Waals surface area contributed by atoms with Crippen LogP contribution < -0.4 is 10.9 Å². The van der Waals surface area contributed by atoms with Crippen LogP contribution in [0.25, 0.3) is 16.8 Å². The molecule has 2 aromatic carbocycles. The first kappa shape index (κ1) is 19.5. The Labute approximate surface area is 171 Å². The van der Waals surface area contributed by atoms with E-state index in [9.17, 15) is 19.1 Å². The molecule has 1 amide bonds. The summed E-state index contributed by atoms with van der Waals surface area (Å²) >= 11 is 0. The van der Waals surface area contributed by atoms with Crippen molar-refractivity contribution in [3.05, 3.63) is 88.2 Å². The first-order chi connectivity index (χ1) is 14.5. The van der Waals surface area contributed by atoms with Gasteiger partial charge in [0.1, 0.15) is 17.9 Å². The van der Waals surface area contributed by atoms with Gasteiger partial charge >= 0.3 is 0 Å². The lowest BCUT2D eigenvalue weighted by Crippen LogP contribution is -2.28. The number of nitrogens with zero attached hydrogens (tertiary/aromatic N) is 3. The van der Waals surface area contributed by atoms with Crippen molar-refractivity contribution in [1.29, 1.82) is 0 Å². The van der Waals surface area contributed by atoms with Crippen LogP contribution in [-0.2, 0) is 17.9 Å². The summed E-state index contributed by atoms with van der Waals surface area (Å²) in [7, 11) is 0. The van der Waals surface area contributed by atoms with E-state index in [2.05, 4.69) is 10.4 Å². The van der Waals surface area contributed by atoms with Gasteiger partial charge in [0.25, 0.3) is 5.56 Å². The summed E-state index contributed by atoms with van der Waals surface area (Å²) in [6.07, 6.45) is 3.03. The Morgan fingerprint density at radius 1 is 1.10 bits per heavy atom. The van der Waals surface area contributed by atoms with E-state index in [1.807, 2.05) is 31.2 Å². The van der Waals surface area contributed by atoms with E-state index >= 15 is 0 Å². The number of halogens is 1. The van der Waals surface area contributed by atoms with Gasteiger partial charge in [-0.1, -0.05) is 29.8 Å². The lowest BCUT2D eigenvalue weighted by atomic mass is 10.1. The zero-order valence-corrected chi connectivity index (χ0v) is 16.2. The Morgan fingerprint density at radius 2 is 1.80 bits per heavy atom. The molecule has 0 aliphatic heterocycles. The van der Waals surface area contributed by atoms with Crippen molar-refractivity contribution >= 4 is 17.1 Å². The molecule has 8 heteroatoms. The number of nitrogens with one attached hydrogen (secondary N) is 1. The van der Waals surface area contributed by atoms with Crippen molar-refractivity contribution < 1.29 is 14.3 Å². The highest BCUT2D eigenvalue weighted by Crippen LogP contribution is 2.25. The van der Waals surface area contributed by atoms with Gasteiger partial charge in [0.15, 0.2) is 0 Å². The minimum Gasteiger partial charge on any atom is -0.392 e. The molecular formula is C22H19FN4O3. The number of aryl methyl sites for hydroxylation is 1. The van der Waals surface area contributed by atoms with Gasteiger partial charge in [-0.15, -0.1) is 0 Å². The fourth-order valence-corrected chi connectivity index (χ4v) is 3.26. The summed E-state index contributed by atoms with van der Waals surface area (Å²) in [4.78, 5) is 25.3. The molecule has 0 aliphatic carbocycles. The Hall–Kier alpha value is -3.78. The van der Waals surface area contributed by atoms with Crippen LogP contribution in [0.3, 0.4) is 0 Å². The zero-order valence-electron chi connectivity index (χ0n) is 16.2. The molecular weight excluding hydrogens is 387 g/mol. The Bertz CT molecular complexity index is 1270. The minimum atomic E-state index is -0.443. The Kier molecular flexibility index (Phi) is 5.16. The number of aliphatic hydroxyl groups excluding tert-OH is 1. The second-order valence-electron chi connectivity index (χ2n) is 6.93. The molecule has 2 aromatic heterocycles. The van der Waals surface area contributed by atoms with E-state index in [1.165, 1.54) is 39.5 Å². The molecule has 0 saturated carbocycles. The Balaban J connectivity index is 1.68. The van der Waals surface area contributed by atoms with Gasteiger partial charge in [0.05, 0.1) is 12.3 Å². The molecule has 30 heavy (non-hydrogen) atoms. The monoisotopic (exact) mass is 406 g/mol. The summed E-state index contributed by atoms with van der Waals surface area (Å²) in [5.74, 6) is -0.840. The van der Waals surface area contributed by atoms with E-state index < -0.39 is 17.3 Å². The largest absolute Gasteiger partial charge is 0.392 e. The zero-order chi connectivity index (χ0) is 21.3. The fourth-order valence-electron chi connectivity index (χ4n) is 3.26. The number of anilines is 1. The number of benzene rings is 2. The molecule has 0 atom stereocenters. The number of fused-ring (bicyclic) bond motifs is 1. The third-order valence-corrected chi connectivity index (χ3v) is 4.78. The van der Waals surface area contributed by atoms with Gasteiger partial charge in [0.2, 0.25) is 5.91 Å². The lowest BCUT2D eigenvalue weighted by Gasteiger charge is -2.08. The van der Waals surface area contributed by atoms with E-state index in [0.717, 1.165) is 11.1 Å². The molecule has 152 valence electrons. The summed E-state index contributed by atoms with van der Waals surface area (Å²) in [6.45, 7) is 1.37. The number of amides is 1. The van der Waals surface area contributed by atoms with Crippen molar-refractivity contribution in [2.45, 2.75) is 20.1 Å². The highest BCUT2D eigenvalue weighted by molar-refractivity contribution is 5.90. The smallest absolute Gasteiger partial charge is 0.277 e. The molecule has 0 radical (unpaired) electrons. The predicted octanol–water partition coefficient (Wildman–Crippen LogP) is 2.74. The van der Waals surface area contributed by atoms with Crippen molar-refractivity contribution in [2.24, 2.45) is 0 Å². The normalized spacial score (nSPS) is 11.0. The third kappa shape index (κ3) is 3.72. The summed E-state index contributed by atoms with van der Waals surface area (Å²) < 4.78 is 15.7. The van der Waals surface area contributed by atoms with Crippen molar-refractivity contribution in [1.82, 2.24) is 14.2 Å². The van der Waals surface area contributed by atoms with Crippen LogP contribution in [0.15, 0.2) is 65.7 Å². The molecule has 0 bridgehead atoms.